The van der Waals surface area contributed by atoms with E-state index >= 15 is 0 Å². The van der Waals surface area contributed by atoms with Gasteiger partial charge in [-0.25, -0.2) is 4.39 Å². The maximum absolute atomic E-state index is 13.3. The largest absolute Gasteiger partial charge is 0.497 e. The Hall–Kier alpha value is -1.10. The summed E-state index contributed by atoms with van der Waals surface area (Å²) in [5.41, 5.74) is 5.51. The van der Waals surface area contributed by atoms with Crippen LogP contribution < -0.4 is 10.5 Å². The van der Waals surface area contributed by atoms with Crippen molar-refractivity contribution in [3.05, 3.63) is 23.5 Å². The fourth-order valence-electron chi connectivity index (χ4n) is 1.08. The Balaban J connectivity index is 3.25. The summed E-state index contributed by atoms with van der Waals surface area (Å²) in [4.78, 5) is 11.2. The van der Waals surface area contributed by atoms with Crippen LogP contribution in [0.3, 0.4) is 0 Å². The molecule has 0 fully saturated rings. The highest BCUT2D eigenvalue weighted by atomic mass is 79.9. The monoisotopic (exact) mass is 261 g/mol. The minimum absolute atomic E-state index is 0.0421. The van der Waals surface area contributed by atoms with Crippen LogP contribution >= 0.6 is 15.9 Å². The maximum atomic E-state index is 13.3. The molecule has 0 aliphatic carbocycles. The van der Waals surface area contributed by atoms with Crippen molar-refractivity contribution in [3.63, 3.8) is 0 Å². The summed E-state index contributed by atoms with van der Waals surface area (Å²) < 4.78 is 18.1. The van der Waals surface area contributed by atoms with Gasteiger partial charge in [-0.15, -0.1) is 0 Å². The van der Waals surface area contributed by atoms with E-state index in [9.17, 15) is 9.18 Å². The van der Waals surface area contributed by atoms with Crippen LogP contribution in [0.2, 0.25) is 0 Å². The van der Waals surface area contributed by atoms with Crippen molar-refractivity contribution < 1.29 is 13.9 Å². The lowest BCUT2D eigenvalue weighted by Gasteiger charge is -2.07. The van der Waals surface area contributed by atoms with Gasteiger partial charge in [-0.1, -0.05) is 15.9 Å². The van der Waals surface area contributed by atoms with Gasteiger partial charge in [-0.3, -0.25) is 4.79 Å². The third kappa shape index (κ3) is 2.04. The Morgan fingerprint density at radius 1 is 1.64 bits per heavy atom. The lowest BCUT2D eigenvalue weighted by Crippen LogP contribution is -2.08. The number of ether oxygens (including phenoxy) is 1. The average molecular weight is 262 g/mol. The van der Waals surface area contributed by atoms with E-state index in [1.54, 1.807) is 0 Å². The fraction of sp³-hybridized carbons (Fsp3) is 0.222. The molecule has 0 aromatic heterocycles. The molecule has 0 saturated carbocycles. The van der Waals surface area contributed by atoms with Crippen LogP contribution in [0.5, 0.6) is 5.75 Å². The second kappa shape index (κ2) is 4.41. The fourth-order valence-corrected chi connectivity index (χ4v) is 1.36. The molecular formula is C9H9BrFNO2. The van der Waals surface area contributed by atoms with Crippen molar-refractivity contribution in [2.24, 2.45) is 0 Å². The highest BCUT2D eigenvalue weighted by molar-refractivity contribution is 9.09. The zero-order chi connectivity index (χ0) is 10.7. The molecule has 2 N–H and O–H groups in total. The summed E-state index contributed by atoms with van der Waals surface area (Å²) in [5, 5.41) is 0.0421. The summed E-state index contributed by atoms with van der Waals surface area (Å²) in [7, 11) is 1.40. The number of alkyl halides is 1. The van der Waals surface area contributed by atoms with Crippen LogP contribution in [-0.2, 0) is 0 Å². The van der Waals surface area contributed by atoms with E-state index in [-0.39, 0.29) is 22.4 Å². The van der Waals surface area contributed by atoms with Gasteiger partial charge in [-0.2, -0.15) is 0 Å². The van der Waals surface area contributed by atoms with Crippen LogP contribution in [0.1, 0.15) is 10.4 Å². The molecule has 0 atom stereocenters. The van der Waals surface area contributed by atoms with Crippen molar-refractivity contribution in [2.45, 2.75) is 0 Å². The SMILES string of the molecule is COc1cc(N)c(C(=O)CBr)c(F)c1. The van der Waals surface area contributed by atoms with Crippen molar-refractivity contribution >= 4 is 27.4 Å². The lowest BCUT2D eigenvalue weighted by atomic mass is 10.1. The number of benzene rings is 1. The van der Waals surface area contributed by atoms with E-state index in [1.807, 2.05) is 0 Å². The second-order valence-electron chi connectivity index (χ2n) is 2.63. The summed E-state index contributed by atoms with van der Waals surface area (Å²) >= 11 is 2.95. The van der Waals surface area contributed by atoms with Crippen LogP contribution in [0.15, 0.2) is 12.1 Å². The first-order chi connectivity index (χ1) is 6.60. The first-order valence-corrected chi connectivity index (χ1v) is 4.94. The summed E-state index contributed by atoms with van der Waals surface area (Å²) in [6.07, 6.45) is 0. The molecular weight excluding hydrogens is 253 g/mol. The van der Waals surface area contributed by atoms with E-state index in [1.165, 1.54) is 13.2 Å². The van der Waals surface area contributed by atoms with Crippen LogP contribution in [0.4, 0.5) is 10.1 Å². The Bertz CT molecular complexity index is 345. The van der Waals surface area contributed by atoms with Gasteiger partial charge in [-0.05, 0) is 0 Å². The standard InChI is InChI=1S/C9H9BrFNO2/c1-14-5-2-6(11)9(7(12)3-5)8(13)4-10/h2-3H,4,12H2,1H3. The molecule has 1 rings (SSSR count). The Morgan fingerprint density at radius 3 is 2.71 bits per heavy atom. The Labute approximate surface area is 89.2 Å². The number of nitrogen functional groups attached to an aromatic ring is 1. The van der Waals surface area contributed by atoms with E-state index in [0.717, 1.165) is 6.07 Å². The quantitative estimate of drug-likeness (QED) is 0.515. The molecule has 0 spiro atoms. The summed E-state index contributed by atoms with van der Waals surface area (Å²) in [6.45, 7) is 0. The topological polar surface area (TPSA) is 52.3 Å². The average Bonchev–Trinajstić information content (AvgIpc) is 2.16. The number of anilines is 1. The molecule has 0 aliphatic heterocycles. The van der Waals surface area contributed by atoms with Gasteiger partial charge >= 0.3 is 0 Å². The first kappa shape index (κ1) is 11.0. The highest BCUT2D eigenvalue weighted by Gasteiger charge is 2.15. The molecule has 0 radical (unpaired) electrons. The van der Waals surface area contributed by atoms with Crippen LogP contribution in [0, 0.1) is 5.82 Å². The number of halogens is 2. The number of rotatable bonds is 3. The van der Waals surface area contributed by atoms with Gasteiger partial charge in [0.25, 0.3) is 0 Å². The molecule has 0 amide bonds. The number of hydrogen-bond donors (Lipinski definition) is 1. The first-order valence-electron chi connectivity index (χ1n) is 3.82. The molecule has 76 valence electrons. The van der Waals surface area contributed by atoms with Crippen molar-refractivity contribution in [2.75, 3.05) is 18.2 Å². The van der Waals surface area contributed by atoms with Crippen LogP contribution in [-0.4, -0.2) is 18.2 Å². The molecule has 3 nitrogen and oxygen atoms in total. The van der Waals surface area contributed by atoms with E-state index in [2.05, 4.69) is 15.9 Å². The zero-order valence-corrected chi connectivity index (χ0v) is 9.10. The van der Waals surface area contributed by atoms with Gasteiger partial charge in [0.15, 0.2) is 5.78 Å². The molecule has 0 aliphatic rings. The summed E-state index contributed by atoms with van der Waals surface area (Å²) in [6, 6.07) is 2.55. The van der Waals surface area contributed by atoms with Crippen molar-refractivity contribution in [1.82, 2.24) is 0 Å². The number of ketones is 1. The van der Waals surface area contributed by atoms with Crippen molar-refractivity contribution in [1.29, 1.82) is 0 Å². The molecule has 0 heterocycles. The molecule has 0 unspecified atom stereocenters. The number of hydrogen-bond acceptors (Lipinski definition) is 3. The third-order valence-corrected chi connectivity index (χ3v) is 2.24. The third-order valence-electron chi connectivity index (χ3n) is 1.73. The normalized spacial score (nSPS) is 9.93. The second-order valence-corrected chi connectivity index (χ2v) is 3.19. The minimum atomic E-state index is -0.661. The number of Topliss-reactive ketones (excluding diaryl/α,β-unsaturated/α-hetero) is 1. The highest BCUT2D eigenvalue weighted by Crippen LogP contribution is 2.24. The minimum Gasteiger partial charge on any atom is -0.497 e. The van der Waals surface area contributed by atoms with Gasteiger partial charge in [0.1, 0.15) is 11.6 Å². The number of methoxy groups -OCH3 is 1. The Kier molecular flexibility index (Phi) is 3.46. The molecule has 14 heavy (non-hydrogen) atoms. The molecule has 1 aromatic carbocycles. The molecule has 5 heteroatoms. The zero-order valence-electron chi connectivity index (χ0n) is 7.51. The van der Waals surface area contributed by atoms with E-state index in [4.69, 9.17) is 10.5 Å². The van der Waals surface area contributed by atoms with E-state index < -0.39 is 5.82 Å². The maximum Gasteiger partial charge on any atom is 0.178 e. The number of carbonyl (C=O) groups is 1. The van der Waals surface area contributed by atoms with Gasteiger partial charge in [0.05, 0.1) is 18.0 Å². The molecule has 0 bridgehead atoms. The van der Waals surface area contributed by atoms with Gasteiger partial charge < -0.3 is 10.5 Å². The predicted molar refractivity (Wildman–Crippen MR) is 55.5 cm³/mol. The van der Waals surface area contributed by atoms with E-state index in [0.29, 0.717) is 5.75 Å². The predicted octanol–water partition coefficient (Wildman–Crippen LogP) is 1.99. The van der Waals surface area contributed by atoms with Crippen LogP contribution in [0.25, 0.3) is 0 Å². The van der Waals surface area contributed by atoms with Gasteiger partial charge in [0, 0.05) is 17.8 Å². The lowest BCUT2D eigenvalue weighted by molar-refractivity contribution is 0.102. The number of carbonyl (C=O) groups excluding carboxylic acids is 1. The van der Waals surface area contributed by atoms with Gasteiger partial charge in [0.2, 0.25) is 0 Å². The Morgan fingerprint density at radius 2 is 2.29 bits per heavy atom. The number of nitrogens with two attached hydrogens (primary N) is 1. The van der Waals surface area contributed by atoms with Crippen molar-refractivity contribution in [3.8, 4) is 5.75 Å². The smallest absolute Gasteiger partial charge is 0.178 e. The molecule has 1 aromatic rings. The summed E-state index contributed by atoms with van der Waals surface area (Å²) in [5.74, 6) is -0.750. The molecule has 0 saturated heterocycles.